The SMILES string of the molecule is C=CC(C)Nc1ccc(F)cc1OC. The molecule has 0 saturated carbocycles. The topological polar surface area (TPSA) is 21.3 Å². The largest absolute Gasteiger partial charge is 0.494 e. The summed E-state index contributed by atoms with van der Waals surface area (Å²) in [5.74, 6) is 0.192. The molecule has 0 amide bonds. The first-order valence-electron chi connectivity index (χ1n) is 4.40. The number of halogens is 1. The second kappa shape index (κ2) is 4.65. The van der Waals surface area contributed by atoms with E-state index in [1.54, 1.807) is 12.1 Å². The lowest BCUT2D eigenvalue weighted by atomic mass is 10.2. The van der Waals surface area contributed by atoms with E-state index in [-0.39, 0.29) is 11.9 Å². The van der Waals surface area contributed by atoms with Crippen molar-refractivity contribution in [1.29, 1.82) is 0 Å². The molecule has 0 heterocycles. The summed E-state index contributed by atoms with van der Waals surface area (Å²) in [6, 6.07) is 4.50. The Hall–Kier alpha value is -1.51. The van der Waals surface area contributed by atoms with E-state index in [9.17, 15) is 4.39 Å². The fraction of sp³-hybridized carbons (Fsp3) is 0.273. The van der Waals surface area contributed by atoms with Crippen molar-refractivity contribution in [1.82, 2.24) is 0 Å². The highest BCUT2D eigenvalue weighted by molar-refractivity contribution is 5.57. The van der Waals surface area contributed by atoms with E-state index < -0.39 is 0 Å². The maximum Gasteiger partial charge on any atom is 0.144 e. The molecule has 76 valence electrons. The van der Waals surface area contributed by atoms with Crippen molar-refractivity contribution in [2.45, 2.75) is 13.0 Å². The average molecular weight is 195 g/mol. The van der Waals surface area contributed by atoms with Crippen LogP contribution in [0.5, 0.6) is 5.75 Å². The van der Waals surface area contributed by atoms with Crippen LogP contribution < -0.4 is 10.1 Å². The molecule has 0 saturated heterocycles. The van der Waals surface area contributed by atoms with Crippen LogP contribution in [-0.4, -0.2) is 13.2 Å². The average Bonchev–Trinajstić information content (AvgIpc) is 2.20. The molecular formula is C11H14FNO. The molecule has 0 aromatic heterocycles. The first-order valence-corrected chi connectivity index (χ1v) is 4.40. The van der Waals surface area contributed by atoms with Gasteiger partial charge in [0.05, 0.1) is 12.8 Å². The van der Waals surface area contributed by atoms with E-state index in [0.29, 0.717) is 5.75 Å². The number of nitrogens with one attached hydrogen (secondary N) is 1. The highest BCUT2D eigenvalue weighted by Crippen LogP contribution is 2.25. The molecule has 0 bridgehead atoms. The monoisotopic (exact) mass is 195 g/mol. The minimum atomic E-state index is -0.307. The number of methoxy groups -OCH3 is 1. The molecule has 14 heavy (non-hydrogen) atoms. The maximum atomic E-state index is 12.8. The van der Waals surface area contributed by atoms with Gasteiger partial charge < -0.3 is 10.1 Å². The van der Waals surface area contributed by atoms with Crippen molar-refractivity contribution in [2.24, 2.45) is 0 Å². The molecule has 2 nitrogen and oxygen atoms in total. The highest BCUT2D eigenvalue weighted by Gasteiger charge is 2.05. The van der Waals surface area contributed by atoms with Gasteiger partial charge in [-0.05, 0) is 19.1 Å². The summed E-state index contributed by atoms with van der Waals surface area (Å²) in [6.07, 6.45) is 1.77. The Morgan fingerprint density at radius 2 is 2.29 bits per heavy atom. The molecule has 1 atom stereocenters. The van der Waals surface area contributed by atoms with E-state index in [1.807, 2.05) is 6.92 Å². The maximum absolute atomic E-state index is 12.8. The predicted octanol–water partition coefficient (Wildman–Crippen LogP) is 2.82. The fourth-order valence-corrected chi connectivity index (χ4v) is 1.09. The van der Waals surface area contributed by atoms with Gasteiger partial charge in [0.1, 0.15) is 11.6 Å². The van der Waals surface area contributed by atoms with Crippen LogP contribution in [0.1, 0.15) is 6.92 Å². The van der Waals surface area contributed by atoms with Gasteiger partial charge in [0, 0.05) is 12.1 Å². The van der Waals surface area contributed by atoms with Crippen molar-refractivity contribution < 1.29 is 9.13 Å². The van der Waals surface area contributed by atoms with Crippen LogP contribution in [-0.2, 0) is 0 Å². The lowest BCUT2D eigenvalue weighted by Gasteiger charge is -2.14. The Balaban J connectivity index is 2.90. The van der Waals surface area contributed by atoms with Gasteiger partial charge in [-0.3, -0.25) is 0 Å². The zero-order valence-corrected chi connectivity index (χ0v) is 8.38. The first-order chi connectivity index (χ1) is 6.67. The summed E-state index contributed by atoms with van der Waals surface area (Å²) in [5.41, 5.74) is 0.765. The molecule has 0 spiro atoms. The van der Waals surface area contributed by atoms with E-state index in [2.05, 4.69) is 11.9 Å². The molecule has 1 rings (SSSR count). The van der Waals surface area contributed by atoms with Crippen LogP contribution in [0.15, 0.2) is 30.9 Å². The molecule has 0 radical (unpaired) electrons. The zero-order chi connectivity index (χ0) is 10.6. The lowest BCUT2D eigenvalue weighted by molar-refractivity contribution is 0.413. The van der Waals surface area contributed by atoms with Gasteiger partial charge in [0.2, 0.25) is 0 Å². The standard InChI is InChI=1S/C11H14FNO/c1-4-8(2)13-10-6-5-9(12)7-11(10)14-3/h4-8,13H,1H2,2-3H3. The van der Waals surface area contributed by atoms with E-state index in [4.69, 9.17) is 4.74 Å². The molecule has 1 N–H and O–H groups in total. The number of anilines is 1. The van der Waals surface area contributed by atoms with Crippen LogP contribution in [0.4, 0.5) is 10.1 Å². The summed E-state index contributed by atoms with van der Waals surface area (Å²) in [4.78, 5) is 0. The molecule has 1 unspecified atom stereocenters. The quantitative estimate of drug-likeness (QED) is 0.746. The van der Waals surface area contributed by atoms with Crippen LogP contribution in [0, 0.1) is 5.82 Å². The summed E-state index contributed by atoms with van der Waals surface area (Å²) in [5, 5.41) is 3.13. The third kappa shape index (κ3) is 2.49. The van der Waals surface area contributed by atoms with Gasteiger partial charge in [0.15, 0.2) is 0 Å². The first kappa shape index (κ1) is 10.6. The summed E-state index contributed by atoms with van der Waals surface area (Å²) in [6.45, 7) is 5.61. The number of ether oxygens (including phenoxy) is 1. The van der Waals surface area contributed by atoms with Crippen molar-refractivity contribution in [2.75, 3.05) is 12.4 Å². The van der Waals surface area contributed by atoms with Crippen LogP contribution >= 0.6 is 0 Å². The predicted molar refractivity (Wildman–Crippen MR) is 56.2 cm³/mol. The Bertz CT molecular complexity index is 325. The van der Waals surface area contributed by atoms with Crippen molar-refractivity contribution >= 4 is 5.69 Å². The van der Waals surface area contributed by atoms with Gasteiger partial charge >= 0.3 is 0 Å². The van der Waals surface area contributed by atoms with E-state index in [0.717, 1.165) is 5.69 Å². The second-order valence-electron chi connectivity index (χ2n) is 3.01. The minimum Gasteiger partial charge on any atom is -0.494 e. The van der Waals surface area contributed by atoms with Crippen molar-refractivity contribution in [3.05, 3.63) is 36.7 Å². The molecule has 0 fully saturated rings. The van der Waals surface area contributed by atoms with E-state index >= 15 is 0 Å². The summed E-state index contributed by atoms with van der Waals surface area (Å²) in [7, 11) is 1.51. The molecule has 3 heteroatoms. The Morgan fingerprint density at radius 1 is 1.57 bits per heavy atom. The summed E-state index contributed by atoms with van der Waals surface area (Å²) < 4.78 is 17.9. The summed E-state index contributed by atoms with van der Waals surface area (Å²) >= 11 is 0. The van der Waals surface area contributed by atoms with Crippen molar-refractivity contribution in [3.8, 4) is 5.75 Å². The van der Waals surface area contributed by atoms with Gasteiger partial charge in [-0.15, -0.1) is 6.58 Å². The smallest absolute Gasteiger partial charge is 0.144 e. The van der Waals surface area contributed by atoms with Gasteiger partial charge in [-0.1, -0.05) is 6.08 Å². The van der Waals surface area contributed by atoms with Crippen LogP contribution in [0.3, 0.4) is 0 Å². The molecule has 0 aliphatic rings. The third-order valence-corrected chi connectivity index (χ3v) is 1.90. The Labute approximate surface area is 83.4 Å². The van der Waals surface area contributed by atoms with Gasteiger partial charge in [-0.2, -0.15) is 0 Å². The molecule has 0 aliphatic carbocycles. The number of benzene rings is 1. The van der Waals surface area contributed by atoms with Crippen LogP contribution in [0.2, 0.25) is 0 Å². The minimum absolute atomic E-state index is 0.120. The lowest BCUT2D eigenvalue weighted by Crippen LogP contribution is -2.12. The zero-order valence-electron chi connectivity index (χ0n) is 8.38. The molecule has 1 aromatic rings. The third-order valence-electron chi connectivity index (χ3n) is 1.90. The fourth-order valence-electron chi connectivity index (χ4n) is 1.09. The normalized spacial score (nSPS) is 11.9. The van der Waals surface area contributed by atoms with Crippen molar-refractivity contribution in [3.63, 3.8) is 0 Å². The number of hydrogen-bond donors (Lipinski definition) is 1. The Morgan fingerprint density at radius 3 is 2.86 bits per heavy atom. The van der Waals surface area contributed by atoms with E-state index in [1.165, 1.54) is 19.2 Å². The van der Waals surface area contributed by atoms with Gasteiger partial charge in [-0.25, -0.2) is 4.39 Å². The number of rotatable bonds is 4. The Kier molecular flexibility index (Phi) is 3.51. The highest BCUT2D eigenvalue weighted by atomic mass is 19.1. The van der Waals surface area contributed by atoms with Gasteiger partial charge in [0.25, 0.3) is 0 Å². The molecule has 1 aromatic carbocycles. The van der Waals surface area contributed by atoms with Crippen LogP contribution in [0.25, 0.3) is 0 Å². The molecular weight excluding hydrogens is 181 g/mol. The number of hydrogen-bond acceptors (Lipinski definition) is 2. The molecule has 0 aliphatic heterocycles. The second-order valence-corrected chi connectivity index (χ2v) is 3.01.